The van der Waals surface area contributed by atoms with Crippen molar-refractivity contribution in [2.75, 3.05) is 37.2 Å². The van der Waals surface area contributed by atoms with Gasteiger partial charge in [-0.25, -0.2) is 4.98 Å². The first-order chi connectivity index (χ1) is 17.0. The number of rotatable bonds is 14. The van der Waals surface area contributed by atoms with Crippen molar-refractivity contribution in [3.63, 3.8) is 0 Å². The third kappa shape index (κ3) is 7.95. The van der Waals surface area contributed by atoms with Crippen LogP contribution in [0.1, 0.15) is 44.2 Å². The summed E-state index contributed by atoms with van der Waals surface area (Å²) in [5.41, 5.74) is 0.753. The third-order valence-corrected chi connectivity index (χ3v) is 6.86. The zero-order chi connectivity index (χ0) is 25.0. The number of carbonyl (C=O) groups excluding carboxylic acids is 3. The normalized spacial score (nSPS) is 14.1. The number of hydrogen-bond acceptors (Lipinski definition) is 7. The average molecular weight is 500 g/mol. The van der Waals surface area contributed by atoms with Crippen LogP contribution in [0.4, 0.5) is 5.82 Å². The first-order valence-corrected chi connectivity index (χ1v) is 13.1. The number of likely N-dealkylation sites (tertiary alicyclic amines) is 1. The number of nitrogens with zero attached hydrogens (tertiary/aromatic N) is 3. The molecule has 2 N–H and O–H groups in total. The van der Waals surface area contributed by atoms with Crippen molar-refractivity contribution in [2.45, 2.75) is 44.4 Å². The molecule has 0 saturated carbocycles. The molecular formula is C25H33N5O4S. The van der Waals surface area contributed by atoms with Gasteiger partial charge in [-0.15, -0.1) is 11.8 Å². The Morgan fingerprint density at radius 3 is 2.71 bits per heavy atom. The molecule has 1 aromatic heterocycles. The van der Waals surface area contributed by atoms with E-state index in [-0.39, 0.29) is 30.0 Å². The van der Waals surface area contributed by atoms with E-state index in [9.17, 15) is 19.2 Å². The summed E-state index contributed by atoms with van der Waals surface area (Å²) < 4.78 is 1.35. The number of Topliss-reactive ketones (excluding diaryl/α,β-unsaturated/α-hetero) is 1. The van der Waals surface area contributed by atoms with Gasteiger partial charge >= 0.3 is 0 Å². The molecule has 0 aliphatic carbocycles. The van der Waals surface area contributed by atoms with Gasteiger partial charge in [-0.05, 0) is 24.8 Å². The smallest absolute Gasteiger partial charge is 0.294 e. The number of hydrogen-bond donors (Lipinski definition) is 2. The maximum Gasteiger partial charge on any atom is 0.294 e. The first kappa shape index (κ1) is 26.5. The van der Waals surface area contributed by atoms with Crippen molar-refractivity contribution in [1.29, 1.82) is 0 Å². The minimum absolute atomic E-state index is 0.0721. The first-order valence-electron chi connectivity index (χ1n) is 12.0. The summed E-state index contributed by atoms with van der Waals surface area (Å²) in [6, 6.07) is 9.15. The van der Waals surface area contributed by atoms with Gasteiger partial charge < -0.3 is 15.5 Å². The van der Waals surface area contributed by atoms with Crippen molar-refractivity contribution in [1.82, 2.24) is 19.8 Å². The molecule has 2 aromatic rings. The van der Waals surface area contributed by atoms with Crippen molar-refractivity contribution in [2.24, 2.45) is 0 Å². The summed E-state index contributed by atoms with van der Waals surface area (Å²) >= 11 is 1.50. The van der Waals surface area contributed by atoms with Crippen LogP contribution < -0.4 is 16.2 Å². The summed E-state index contributed by atoms with van der Waals surface area (Å²) in [4.78, 5) is 55.5. The molecule has 9 nitrogen and oxygen atoms in total. The Labute approximate surface area is 209 Å². The molecule has 1 atom stereocenters. The molecule has 0 bridgehead atoms. The van der Waals surface area contributed by atoms with E-state index in [0.29, 0.717) is 38.1 Å². The highest BCUT2D eigenvalue weighted by Crippen LogP contribution is 2.13. The number of nitrogens with one attached hydrogen (secondary N) is 2. The summed E-state index contributed by atoms with van der Waals surface area (Å²) in [7, 11) is 0. The third-order valence-electron chi connectivity index (χ3n) is 5.80. The molecule has 1 aliphatic rings. The lowest BCUT2D eigenvalue weighted by molar-refractivity contribution is -0.127. The minimum Gasteiger partial charge on any atom is -0.365 e. The van der Waals surface area contributed by atoms with E-state index >= 15 is 0 Å². The number of amides is 2. The van der Waals surface area contributed by atoms with E-state index in [1.165, 1.54) is 28.7 Å². The molecule has 2 heterocycles. The van der Waals surface area contributed by atoms with Gasteiger partial charge in [-0.3, -0.25) is 23.7 Å². The molecule has 188 valence electrons. The second-order valence-corrected chi connectivity index (χ2v) is 9.40. The second-order valence-electron chi connectivity index (χ2n) is 8.41. The summed E-state index contributed by atoms with van der Waals surface area (Å²) in [5, 5.41) is 5.70. The number of carbonyl (C=O) groups is 3. The van der Waals surface area contributed by atoms with Crippen LogP contribution in [0.3, 0.4) is 0 Å². The van der Waals surface area contributed by atoms with Gasteiger partial charge in [-0.2, -0.15) is 0 Å². The van der Waals surface area contributed by atoms with Crippen molar-refractivity contribution in [3.8, 4) is 0 Å². The lowest BCUT2D eigenvalue weighted by atomic mass is 10.2. The molecule has 1 fully saturated rings. The van der Waals surface area contributed by atoms with E-state index in [2.05, 4.69) is 15.6 Å². The average Bonchev–Trinajstić information content (AvgIpc) is 3.28. The lowest BCUT2D eigenvalue weighted by Crippen LogP contribution is -2.40. The van der Waals surface area contributed by atoms with Gasteiger partial charge in [0.05, 0.1) is 12.3 Å². The Kier molecular flexibility index (Phi) is 10.3. The van der Waals surface area contributed by atoms with Crippen LogP contribution in [0.5, 0.6) is 0 Å². The Morgan fingerprint density at radius 1 is 1.20 bits per heavy atom. The highest BCUT2D eigenvalue weighted by atomic mass is 32.2. The van der Waals surface area contributed by atoms with Crippen molar-refractivity contribution in [3.05, 3.63) is 58.6 Å². The van der Waals surface area contributed by atoms with Crippen LogP contribution in [0.15, 0.2) is 47.5 Å². The van der Waals surface area contributed by atoms with Gasteiger partial charge in [0, 0.05) is 44.2 Å². The molecule has 3 rings (SSSR count). The molecule has 1 aliphatic heterocycles. The zero-order valence-corrected chi connectivity index (χ0v) is 20.9. The maximum atomic E-state index is 12.9. The van der Waals surface area contributed by atoms with Crippen LogP contribution in [0, 0.1) is 0 Å². The fraction of sp³-hybridized carbons (Fsp3) is 0.480. The monoisotopic (exact) mass is 499 g/mol. The topological polar surface area (TPSA) is 113 Å². The van der Waals surface area contributed by atoms with E-state index < -0.39 is 11.6 Å². The van der Waals surface area contributed by atoms with Crippen molar-refractivity contribution >= 4 is 35.2 Å². The van der Waals surface area contributed by atoms with Crippen LogP contribution in [0.2, 0.25) is 0 Å². The Balaban J connectivity index is 1.46. The molecule has 1 saturated heterocycles. The maximum absolute atomic E-state index is 12.9. The lowest BCUT2D eigenvalue weighted by Gasteiger charge is -2.19. The number of anilines is 1. The predicted molar refractivity (Wildman–Crippen MR) is 137 cm³/mol. The fourth-order valence-electron chi connectivity index (χ4n) is 3.93. The van der Waals surface area contributed by atoms with Crippen LogP contribution in [0.25, 0.3) is 0 Å². The van der Waals surface area contributed by atoms with Crippen LogP contribution in [-0.2, 0) is 20.1 Å². The predicted octanol–water partition coefficient (Wildman–Crippen LogP) is 2.24. The van der Waals surface area contributed by atoms with Gasteiger partial charge in [0.15, 0.2) is 11.6 Å². The Hall–Kier alpha value is -3.14. The molecule has 2 amide bonds. The summed E-state index contributed by atoms with van der Waals surface area (Å²) in [6.45, 7) is 3.67. The number of benzene rings is 1. The molecule has 0 spiro atoms. The Bertz CT molecular complexity index is 1060. The van der Waals surface area contributed by atoms with Crippen LogP contribution >= 0.6 is 11.8 Å². The highest BCUT2D eigenvalue weighted by molar-refractivity contribution is 7.99. The highest BCUT2D eigenvalue weighted by Gasteiger charge is 2.22. The summed E-state index contributed by atoms with van der Waals surface area (Å²) in [5.74, 6) is 0.929. The largest absolute Gasteiger partial charge is 0.365 e. The van der Waals surface area contributed by atoms with Gasteiger partial charge in [-0.1, -0.05) is 37.3 Å². The Morgan fingerprint density at radius 2 is 2.00 bits per heavy atom. The number of aromatic nitrogens is 2. The SMILES string of the molecule is CCC(C(=O)NCC(=O)CSCc1ccccc1)n1ccnc(NCCCN2CCCC2=O)c1=O. The molecule has 35 heavy (non-hydrogen) atoms. The van der Waals surface area contributed by atoms with Gasteiger partial charge in [0.2, 0.25) is 11.8 Å². The molecular weight excluding hydrogens is 466 g/mol. The van der Waals surface area contributed by atoms with Crippen LogP contribution in [-0.4, -0.2) is 64.0 Å². The molecule has 1 aromatic carbocycles. The quantitative estimate of drug-likeness (QED) is 0.383. The van der Waals surface area contributed by atoms with Crippen molar-refractivity contribution < 1.29 is 14.4 Å². The van der Waals surface area contributed by atoms with Gasteiger partial charge in [0.25, 0.3) is 5.56 Å². The number of ketones is 1. The standard InChI is InChI=1S/C25H33N5O4S/c1-2-21(24(33)28-16-20(31)18-35-17-19-8-4-3-5-9-19)30-15-12-27-23(25(30)34)26-11-7-14-29-13-6-10-22(29)32/h3-5,8-9,12,15,21H,2,6-7,10-11,13-14,16-18H2,1H3,(H,26,27)(H,28,33). The van der Waals surface area contributed by atoms with E-state index in [4.69, 9.17) is 0 Å². The molecule has 1 unspecified atom stereocenters. The van der Waals surface area contributed by atoms with E-state index in [1.54, 1.807) is 0 Å². The number of thioether (sulfide) groups is 1. The summed E-state index contributed by atoms with van der Waals surface area (Å²) in [6.07, 6.45) is 5.57. The second kappa shape index (κ2) is 13.7. The molecule has 0 radical (unpaired) electrons. The van der Waals surface area contributed by atoms with E-state index in [0.717, 1.165) is 24.3 Å². The van der Waals surface area contributed by atoms with Gasteiger partial charge in [0.1, 0.15) is 6.04 Å². The minimum atomic E-state index is -0.738. The molecule has 10 heteroatoms. The fourth-order valence-corrected chi connectivity index (χ4v) is 4.79. The zero-order valence-electron chi connectivity index (χ0n) is 20.1. The van der Waals surface area contributed by atoms with E-state index in [1.807, 2.05) is 42.2 Å².